The largest absolute Gasteiger partial charge is 0.453 e. The smallest absolute Gasteiger partial charge is 0.333 e. The molecule has 9 unspecified atom stereocenters. The summed E-state index contributed by atoms with van der Waals surface area (Å²) in [6.07, 6.45) is 2.30. The fourth-order valence-corrected chi connectivity index (χ4v) is 11.8. The molecule has 236 valence electrons. The molecule has 7 fully saturated rings. The van der Waals surface area contributed by atoms with Gasteiger partial charge in [-0.2, -0.15) is 0 Å². The maximum atomic E-state index is 12.9. The maximum absolute atomic E-state index is 12.9. The summed E-state index contributed by atoms with van der Waals surface area (Å²) >= 11 is 0. The zero-order chi connectivity index (χ0) is 30.5. The van der Waals surface area contributed by atoms with Crippen LogP contribution >= 0.6 is 0 Å². The molecule has 0 aromatic carbocycles. The van der Waals surface area contributed by atoms with Gasteiger partial charge in [0.2, 0.25) is 5.79 Å². The summed E-state index contributed by atoms with van der Waals surface area (Å²) in [5.74, 6) is -4.05. The second kappa shape index (κ2) is 8.57. The van der Waals surface area contributed by atoms with E-state index in [2.05, 4.69) is 11.8 Å². The lowest BCUT2D eigenvalue weighted by Gasteiger charge is -2.68. The highest BCUT2D eigenvalue weighted by Crippen LogP contribution is 2.78. The van der Waals surface area contributed by atoms with Crippen LogP contribution in [-0.2, 0) is 14.3 Å². The Morgan fingerprint density at radius 2 is 1.64 bits per heavy atom. The van der Waals surface area contributed by atoms with Crippen molar-refractivity contribution in [2.45, 2.75) is 138 Å². The van der Waals surface area contributed by atoms with Crippen molar-refractivity contribution in [3.63, 3.8) is 0 Å². The molecular weight excluding hydrogens is 542 g/mol. The van der Waals surface area contributed by atoms with Crippen molar-refractivity contribution in [2.24, 2.45) is 29.1 Å². The molecule has 4 aliphatic carbocycles. The molecular formula is C32H49NO9. The van der Waals surface area contributed by atoms with E-state index in [4.69, 9.17) is 9.47 Å². The minimum atomic E-state index is -2.06. The highest BCUT2D eigenvalue weighted by molar-refractivity contribution is 5.87. The van der Waals surface area contributed by atoms with E-state index in [0.717, 1.165) is 6.42 Å². The number of ether oxygens (including phenoxy) is 2. The van der Waals surface area contributed by atoms with E-state index in [1.807, 2.05) is 6.92 Å². The summed E-state index contributed by atoms with van der Waals surface area (Å²) < 4.78 is 12.6. The predicted molar refractivity (Wildman–Crippen MR) is 150 cm³/mol. The van der Waals surface area contributed by atoms with Gasteiger partial charge in [-0.3, -0.25) is 4.90 Å². The number of rotatable bonds is 2. The Hall–Kier alpha value is -1.11. The normalized spacial score (nSPS) is 60.3. The highest BCUT2D eigenvalue weighted by atomic mass is 16.7. The number of aliphatic hydroxyl groups excluding tert-OH is 1. The van der Waals surface area contributed by atoms with E-state index < -0.39 is 75.1 Å². The van der Waals surface area contributed by atoms with Crippen molar-refractivity contribution in [3.8, 4) is 0 Å². The van der Waals surface area contributed by atoms with Crippen molar-refractivity contribution in [3.05, 3.63) is 11.6 Å². The minimum Gasteiger partial charge on any atom is -0.453 e. The molecule has 10 nitrogen and oxygen atoms in total. The van der Waals surface area contributed by atoms with E-state index in [1.54, 1.807) is 26.8 Å². The van der Waals surface area contributed by atoms with E-state index in [1.165, 1.54) is 0 Å². The average molecular weight is 592 g/mol. The number of esters is 1. The van der Waals surface area contributed by atoms with Gasteiger partial charge in [-0.1, -0.05) is 19.9 Å². The van der Waals surface area contributed by atoms with Crippen LogP contribution in [0.3, 0.4) is 0 Å². The summed E-state index contributed by atoms with van der Waals surface area (Å²) in [7, 11) is 0. The number of hydrogen-bond acceptors (Lipinski definition) is 10. The first-order chi connectivity index (χ1) is 19.5. The molecule has 10 heteroatoms. The summed E-state index contributed by atoms with van der Waals surface area (Å²) in [5.41, 5.74) is -8.96. The number of carbonyl (C=O) groups is 1. The molecule has 3 saturated heterocycles. The van der Waals surface area contributed by atoms with Crippen LogP contribution < -0.4 is 0 Å². The lowest BCUT2D eigenvalue weighted by atomic mass is 9.49. The Morgan fingerprint density at radius 3 is 2.33 bits per heavy atom. The second-order valence-electron chi connectivity index (χ2n) is 15.7. The highest BCUT2D eigenvalue weighted by Gasteiger charge is 2.88. The van der Waals surface area contributed by atoms with Crippen LogP contribution in [0, 0.1) is 29.1 Å². The topological polar surface area (TPSA) is 160 Å². The third-order valence-electron chi connectivity index (χ3n) is 14.1. The molecule has 4 saturated carbocycles. The molecule has 3 heterocycles. The van der Waals surface area contributed by atoms with E-state index in [-0.39, 0.29) is 25.4 Å². The molecule has 7 aliphatic rings. The SMILES string of the molecule is C/C=C(/C)C(=O)OC1CC[C@@]2(C)[C@@H]3CCC4C5(O)CC(O)C6(O)[C@@H](CN7C[C@@H](C)CCC7C6(C)O)C5(O)C[C@@]42OC13O. The van der Waals surface area contributed by atoms with Gasteiger partial charge in [0, 0.05) is 60.7 Å². The molecule has 7 rings (SSSR count). The molecule has 0 radical (unpaired) electrons. The molecule has 0 amide bonds. The predicted octanol–water partition coefficient (Wildman–Crippen LogP) is 0.991. The van der Waals surface area contributed by atoms with Crippen molar-refractivity contribution >= 4 is 5.97 Å². The lowest BCUT2D eigenvalue weighted by molar-refractivity contribution is -0.354. The van der Waals surface area contributed by atoms with E-state index in [9.17, 15) is 35.4 Å². The minimum absolute atomic E-state index is 0.0606. The van der Waals surface area contributed by atoms with Gasteiger partial charge in [0.25, 0.3) is 0 Å². The Balaban J connectivity index is 1.32. The Kier molecular flexibility index (Phi) is 6.04. The first kappa shape index (κ1) is 29.6. The summed E-state index contributed by atoms with van der Waals surface area (Å²) in [6.45, 7) is 10.1. The van der Waals surface area contributed by atoms with Crippen LogP contribution in [0.25, 0.3) is 0 Å². The van der Waals surface area contributed by atoms with Gasteiger partial charge in [0.1, 0.15) is 22.4 Å². The van der Waals surface area contributed by atoms with Crippen molar-refractivity contribution in [2.75, 3.05) is 13.1 Å². The van der Waals surface area contributed by atoms with E-state index in [0.29, 0.717) is 50.1 Å². The second-order valence-corrected chi connectivity index (χ2v) is 15.7. The molecule has 0 aromatic heterocycles. The number of nitrogens with zero attached hydrogens (tertiary/aromatic N) is 1. The van der Waals surface area contributed by atoms with Gasteiger partial charge in [-0.25, -0.2) is 4.79 Å². The average Bonchev–Trinajstić information content (AvgIpc) is 3.09. The zero-order valence-electron chi connectivity index (χ0n) is 25.5. The summed E-state index contributed by atoms with van der Waals surface area (Å²) in [4.78, 5) is 14.9. The standard InChI is InChI=1S/C32H49NO9/c1-6-18(3)25(35)41-24-11-12-26(4)19-8-9-20-28(37)13-23(34)31(39)21(29(28,38)16-30(20,26)42-32(19,24)40)15-33-14-17(2)7-10-22(33)27(31,5)36/h6,17,19-24,34,36-40H,7-16H2,1-5H3/b18-6-/t17-,19-,20?,21-,22?,23?,24?,26-,27?,28?,29?,30+,31?,32?/m0/s1. The third-order valence-corrected chi connectivity index (χ3v) is 14.1. The molecule has 6 N–H and O–H groups in total. The van der Waals surface area contributed by atoms with Crippen LogP contribution in [0.4, 0.5) is 0 Å². The monoisotopic (exact) mass is 591 g/mol. The Labute approximate surface area is 247 Å². The Morgan fingerprint density at radius 1 is 0.952 bits per heavy atom. The number of piperidine rings is 2. The number of aliphatic hydroxyl groups is 6. The van der Waals surface area contributed by atoms with Crippen LogP contribution in [0.1, 0.15) is 86.0 Å². The summed E-state index contributed by atoms with van der Waals surface area (Å²) in [5, 5.41) is 73.9. The number of carbonyl (C=O) groups excluding carboxylic acids is 1. The number of fused-ring (bicyclic) bond motifs is 5. The molecule has 1 spiro atoms. The number of hydrogen-bond donors (Lipinski definition) is 6. The Bertz CT molecular complexity index is 1220. The van der Waals surface area contributed by atoms with Crippen LogP contribution in [0.15, 0.2) is 11.6 Å². The van der Waals surface area contributed by atoms with Gasteiger partial charge in [0.15, 0.2) is 6.10 Å². The molecule has 4 bridgehead atoms. The number of allylic oxidation sites excluding steroid dienone is 1. The first-order valence-corrected chi connectivity index (χ1v) is 16.0. The van der Waals surface area contributed by atoms with Gasteiger partial charge in [-0.15, -0.1) is 0 Å². The zero-order valence-corrected chi connectivity index (χ0v) is 25.5. The van der Waals surface area contributed by atoms with Gasteiger partial charge in [0.05, 0.1) is 11.7 Å². The fourth-order valence-electron chi connectivity index (χ4n) is 11.8. The maximum Gasteiger partial charge on any atom is 0.333 e. The van der Waals surface area contributed by atoms with Crippen molar-refractivity contribution in [1.82, 2.24) is 4.90 Å². The van der Waals surface area contributed by atoms with Crippen molar-refractivity contribution in [1.29, 1.82) is 0 Å². The van der Waals surface area contributed by atoms with Crippen LogP contribution in [0.2, 0.25) is 0 Å². The fraction of sp³-hybridized carbons (Fsp3) is 0.906. The molecule has 3 aliphatic heterocycles. The van der Waals surface area contributed by atoms with Gasteiger partial charge < -0.3 is 40.1 Å². The van der Waals surface area contributed by atoms with Crippen molar-refractivity contribution < 1.29 is 44.9 Å². The van der Waals surface area contributed by atoms with Crippen LogP contribution in [0.5, 0.6) is 0 Å². The molecule has 0 aromatic rings. The van der Waals surface area contributed by atoms with Gasteiger partial charge in [-0.05, 0) is 65.2 Å². The molecule has 14 atom stereocenters. The molecule has 42 heavy (non-hydrogen) atoms. The lowest BCUT2D eigenvalue weighted by Crippen LogP contribution is -2.85. The quantitative estimate of drug-likeness (QED) is 0.202. The van der Waals surface area contributed by atoms with Crippen LogP contribution in [-0.4, -0.2) is 107 Å². The van der Waals surface area contributed by atoms with Gasteiger partial charge >= 0.3 is 5.97 Å². The summed E-state index contributed by atoms with van der Waals surface area (Å²) in [6, 6.07) is -0.387. The van der Waals surface area contributed by atoms with E-state index >= 15 is 0 Å². The first-order valence-electron chi connectivity index (χ1n) is 16.0. The third kappa shape index (κ3) is 3.07.